The third-order valence-corrected chi connectivity index (χ3v) is 4.67. The highest BCUT2D eigenvalue weighted by Gasteiger charge is 2.20. The lowest BCUT2D eigenvalue weighted by atomic mass is 10.1. The number of benzene rings is 2. The molecule has 5 nitrogen and oxygen atoms in total. The van der Waals surface area contributed by atoms with Crippen LogP contribution >= 0.6 is 11.6 Å². The zero-order valence-corrected chi connectivity index (χ0v) is 16.2. The van der Waals surface area contributed by atoms with Crippen LogP contribution in [0.1, 0.15) is 18.1 Å². The van der Waals surface area contributed by atoms with Crippen LogP contribution in [0.4, 0.5) is 4.39 Å². The van der Waals surface area contributed by atoms with Gasteiger partial charge in [-0.15, -0.1) is 11.6 Å². The Morgan fingerprint density at radius 2 is 2.00 bits per heavy atom. The second-order valence-electron chi connectivity index (χ2n) is 6.46. The van der Waals surface area contributed by atoms with Gasteiger partial charge in [0.2, 0.25) is 5.88 Å². The number of fused-ring (bicyclic) bond motifs is 2. The van der Waals surface area contributed by atoms with E-state index in [4.69, 9.17) is 25.8 Å². The fourth-order valence-corrected chi connectivity index (χ4v) is 3.32. The predicted molar refractivity (Wildman–Crippen MR) is 106 cm³/mol. The van der Waals surface area contributed by atoms with Gasteiger partial charge in [-0.2, -0.15) is 0 Å². The number of alkyl halides is 1. The Kier molecular flexibility index (Phi) is 5.05. The Morgan fingerprint density at radius 3 is 2.79 bits per heavy atom. The van der Waals surface area contributed by atoms with Gasteiger partial charge in [-0.25, -0.2) is 14.4 Å². The number of ether oxygens (including phenoxy) is 3. The average Bonchev–Trinajstić information content (AvgIpc) is 3.09. The molecule has 0 saturated heterocycles. The first-order chi connectivity index (χ1) is 13.6. The van der Waals surface area contributed by atoms with Crippen molar-refractivity contribution in [2.75, 3.05) is 19.6 Å². The molecule has 1 aliphatic carbocycles. The zero-order valence-electron chi connectivity index (χ0n) is 15.5. The van der Waals surface area contributed by atoms with Crippen LogP contribution in [0.5, 0.6) is 23.1 Å². The topological polar surface area (TPSA) is 53.5 Å². The van der Waals surface area contributed by atoms with E-state index in [0.29, 0.717) is 40.5 Å². The van der Waals surface area contributed by atoms with Gasteiger partial charge in [0, 0.05) is 11.6 Å². The maximum Gasteiger partial charge on any atom is 0.230 e. The van der Waals surface area contributed by atoms with Crippen molar-refractivity contribution < 1.29 is 18.6 Å². The van der Waals surface area contributed by atoms with Gasteiger partial charge in [-0.05, 0) is 31.0 Å². The molecular weight excluding hydrogens is 383 g/mol. The monoisotopic (exact) mass is 400 g/mol. The van der Waals surface area contributed by atoms with Crippen LogP contribution in [0.15, 0.2) is 36.2 Å². The van der Waals surface area contributed by atoms with Gasteiger partial charge in [0.1, 0.15) is 12.9 Å². The molecule has 0 N–H and O–H groups in total. The van der Waals surface area contributed by atoms with Crippen molar-refractivity contribution in [1.82, 2.24) is 9.97 Å². The summed E-state index contributed by atoms with van der Waals surface area (Å²) >= 11 is 5.69. The summed E-state index contributed by atoms with van der Waals surface area (Å²) < 4.78 is 31.7. The Balaban J connectivity index is 1.75. The van der Waals surface area contributed by atoms with E-state index < -0.39 is 5.82 Å². The minimum atomic E-state index is -0.393. The van der Waals surface area contributed by atoms with E-state index in [-0.39, 0.29) is 11.6 Å². The van der Waals surface area contributed by atoms with Crippen molar-refractivity contribution >= 4 is 28.6 Å². The lowest BCUT2D eigenvalue weighted by molar-refractivity contribution is 0.313. The molecule has 1 aromatic heterocycles. The van der Waals surface area contributed by atoms with E-state index in [1.807, 2.05) is 19.1 Å². The highest BCUT2D eigenvalue weighted by molar-refractivity contribution is 6.18. The molecule has 0 spiro atoms. The minimum Gasteiger partial charge on any atom is -0.493 e. The Morgan fingerprint density at radius 1 is 1.14 bits per heavy atom. The third-order valence-electron chi connectivity index (χ3n) is 4.52. The molecule has 1 aliphatic rings. The summed E-state index contributed by atoms with van der Waals surface area (Å²) in [5.74, 6) is 1.33. The molecule has 0 fully saturated rings. The summed E-state index contributed by atoms with van der Waals surface area (Å²) in [5.41, 5.74) is 3.24. The molecule has 0 bridgehead atoms. The molecule has 0 amide bonds. The van der Waals surface area contributed by atoms with E-state index in [9.17, 15) is 4.39 Å². The highest BCUT2D eigenvalue weighted by atomic mass is 35.5. The molecule has 4 rings (SSSR count). The summed E-state index contributed by atoms with van der Waals surface area (Å²) in [5, 5.41) is 0.587. The first-order valence-corrected chi connectivity index (χ1v) is 9.32. The predicted octanol–water partition coefficient (Wildman–Crippen LogP) is 5.15. The van der Waals surface area contributed by atoms with Crippen molar-refractivity contribution in [1.29, 1.82) is 0 Å². The van der Waals surface area contributed by atoms with Gasteiger partial charge in [-0.1, -0.05) is 17.7 Å². The minimum absolute atomic E-state index is 0.117. The number of halogens is 2. The van der Waals surface area contributed by atoms with Crippen LogP contribution in [-0.2, 0) is 6.42 Å². The summed E-state index contributed by atoms with van der Waals surface area (Å²) in [6, 6.07) is 6.94. The van der Waals surface area contributed by atoms with Crippen LogP contribution in [-0.4, -0.2) is 29.6 Å². The number of nitrogens with zero attached hydrogens (tertiary/aromatic N) is 2. The number of allylic oxidation sites excluding steroid dienone is 1. The van der Waals surface area contributed by atoms with Gasteiger partial charge in [0.25, 0.3) is 0 Å². The lowest BCUT2D eigenvalue weighted by Gasteiger charge is -2.13. The van der Waals surface area contributed by atoms with Gasteiger partial charge >= 0.3 is 0 Å². The molecule has 1 heterocycles. The molecule has 7 heteroatoms. The molecule has 0 unspecified atom stereocenters. The molecule has 0 aliphatic heterocycles. The van der Waals surface area contributed by atoms with Crippen LogP contribution in [0.25, 0.3) is 17.0 Å². The van der Waals surface area contributed by atoms with Gasteiger partial charge in [0.05, 0.1) is 23.9 Å². The molecule has 2 aromatic carbocycles. The summed E-state index contributed by atoms with van der Waals surface area (Å²) in [6.45, 7) is 2.32. The quantitative estimate of drug-likeness (QED) is 0.536. The van der Waals surface area contributed by atoms with E-state index >= 15 is 0 Å². The zero-order chi connectivity index (χ0) is 19.7. The smallest absolute Gasteiger partial charge is 0.230 e. The molecule has 28 heavy (non-hydrogen) atoms. The molecule has 0 radical (unpaired) electrons. The second kappa shape index (κ2) is 7.64. The van der Waals surface area contributed by atoms with Crippen molar-refractivity contribution in [3.05, 3.63) is 53.1 Å². The highest BCUT2D eigenvalue weighted by Crippen LogP contribution is 2.38. The van der Waals surface area contributed by atoms with E-state index in [1.54, 1.807) is 18.2 Å². The molecule has 0 saturated carbocycles. The maximum atomic E-state index is 14.9. The molecule has 0 atom stereocenters. The SMILES string of the molecule is COc1cc2c(Oc3ccc4c(c3F)C=C(C)C4)ncnc2cc1OCCCl. The van der Waals surface area contributed by atoms with E-state index in [0.717, 1.165) is 17.6 Å². The Labute approximate surface area is 166 Å². The normalized spacial score (nSPS) is 12.6. The molecule has 3 aromatic rings. The summed E-state index contributed by atoms with van der Waals surface area (Å²) in [6.07, 6.45) is 3.97. The van der Waals surface area contributed by atoms with Crippen LogP contribution in [0, 0.1) is 5.82 Å². The number of hydrogen-bond donors (Lipinski definition) is 0. The first kappa shape index (κ1) is 18.5. The summed E-state index contributed by atoms with van der Waals surface area (Å²) in [4.78, 5) is 8.44. The van der Waals surface area contributed by atoms with Gasteiger partial charge in [-0.3, -0.25) is 0 Å². The van der Waals surface area contributed by atoms with Gasteiger partial charge < -0.3 is 14.2 Å². The standard InChI is InChI=1S/C21H18ClFN2O3/c1-12-7-13-3-4-17(20(23)14(13)8-12)28-21-15-9-18(26-2)19(27-6-5-22)10-16(15)24-11-25-21/h3-4,8-11H,5-7H2,1-2H3. The number of hydrogen-bond acceptors (Lipinski definition) is 5. The largest absolute Gasteiger partial charge is 0.493 e. The van der Waals surface area contributed by atoms with Crippen LogP contribution in [0.2, 0.25) is 0 Å². The fraction of sp³-hybridized carbons (Fsp3) is 0.238. The van der Waals surface area contributed by atoms with Crippen molar-refractivity contribution in [3.63, 3.8) is 0 Å². The third kappa shape index (κ3) is 3.36. The number of rotatable bonds is 6. The lowest BCUT2D eigenvalue weighted by Crippen LogP contribution is -2.01. The van der Waals surface area contributed by atoms with Crippen molar-refractivity contribution in [2.45, 2.75) is 13.3 Å². The average molecular weight is 401 g/mol. The second-order valence-corrected chi connectivity index (χ2v) is 6.83. The van der Waals surface area contributed by atoms with Crippen LogP contribution < -0.4 is 14.2 Å². The van der Waals surface area contributed by atoms with E-state index in [2.05, 4.69) is 9.97 Å². The number of methoxy groups -OCH3 is 1. The molecular formula is C21H18ClFN2O3. The maximum absolute atomic E-state index is 14.9. The number of aromatic nitrogens is 2. The molecule has 144 valence electrons. The van der Waals surface area contributed by atoms with Crippen LogP contribution in [0.3, 0.4) is 0 Å². The van der Waals surface area contributed by atoms with Gasteiger partial charge in [0.15, 0.2) is 23.1 Å². The Hall–Kier alpha value is -2.86. The van der Waals surface area contributed by atoms with Crippen molar-refractivity contribution in [3.8, 4) is 23.1 Å². The van der Waals surface area contributed by atoms with E-state index in [1.165, 1.54) is 13.4 Å². The first-order valence-electron chi connectivity index (χ1n) is 8.78. The van der Waals surface area contributed by atoms with Crippen molar-refractivity contribution in [2.24, 2.45) is 0 Å². The fourth-order valence-electron chi connectivity index (χ4n) is 3.25. The summed E-state index contributed by atoms with van der Waals surface area (Å²) in [7, 11) is 1.54. The Bertz CT molecular complexity index is 1080.